The zero-order valence-electron chi connectivity index (χ0n) is 15.8. The lowest BCUT2D eigenvalue weighted by molar-refractivity contribution is -0.00281. The minimum Gasteiger partial charge on any atom is -0.465 e. The molecule has 0 aromatic carbocycles. The summed E-state index contributed by atoms with van der Waals surface area (Å²) in [7, 11) is 0. The van der Waals surface area contributed by atoms with E-state index in [2.05, 4.69) is 37.4 Å². The van der Waals surface area contributed by atoms with Crippen LogP contribution in [0.4, 0.5) is 4.79 Å². The van der Waals surface area contributed by atoms with E-state index in [-0.39, 0.29) is 10.8 Å². The second-order valence-electron chi connectivity index (χ2n) is 9.09. The molecule has 4 aliphatic carbocycles. The van der Waals surface area contributed by atoms with Gasteiger partial charge in [0.15, 0.2) is 0 Å². The van der Waals surface area contributed by atoms with Gasteiger partial charge in [0.05, 0.1) is 0 Å². The summed E-state index contributed by atoms with van der Waals surface area (Å²) in [6.07, 6.45) is 14.8. The van der Waals surface area contributed by atoms with Crippen molar-refractivity contribution in [1.29, 1.82) is 0 Å². The minimum absolute atomic E-state index is 0.184. The van der Waals surface area contributed by atoms with Gasteiger partial charge in [0.2, 0.25) is 0 Å². The fourth-order valence-corrected chi connectivity index (χ4v) is 7.00. The van der Waals surface area contributed by atoms with E-state index >= 15 is 0 Å². The van der Waals surface area contributed by atoms with Crippen molar-refractivity contribution in [1.82, 2.24) is 5.32 Å². The Labute approximate surface area is 151 Å². The largest absolute Gasteiger partial charge is 0.465 e. The summed E-state index contributed by atoms with van der Waals surface area (Å²) in [6.45, 7) is 6.83. The van der Waals surface area contributed by atoms with Gasteiger partial charge in [-0.25, -0.2) is 4.79 Å². The first-order valence-corrected chi connectivity index (χ1v) is 9.93. The fourth-order valence-electron chi connectivity index (χ4n) is 7.00. The van der Waals surface area contributed by atoms with Crippen molar-refractivity contribution in [2.24, 2.45) is 28.6 Å². The maximum absolute atomic E-state index is 11.1. The number of amides is 1. The normalized spacial score (nSPS) is 44.3. The van der Waals surface area contributed by atoms with Crippen LogP contribution in [0.3, 0.4) is 0 Å². The van der Waals surface area contributed by atoms with Gasteiger partial charge in [-0.1, -0.05) is 37.6 Å². The lowest BCUT2D eigenvalue weighted by Crippen LogP contribution is -2.48. The molecule has 0 radical (unpaired) electrons. The molecule has 1 amide bonds. The highest BCUT2D eigenvalue weighted by molar-refractivity contribution is 5.67. The summed E-state index contributed by atoms with van der Waals surface area (Å²) >= 11 is 0. The van der Waals surface area contributed by atoms with Crippen molar-refractivity contribution >= 4 is 6.09 Å². The summed E-state index contributed by atoms with van der Waals surface area (Å²) in [5, 5.41) is 11.8. The van der Waals surface area contributed by atoms with E-state index < -0.39 is 6.09 Å². The van der Waals surface area contributed by atoms with Gasteiger partial charge in [0, 0.05) is 11.1 Å². The number of hydrogen-bond acceptors (Lipinski definition) is 1. The van der Waals surface area contributed by atoms with Crippen molar-refractivity contribution in [3.05, 3.63) is 35.1 Å². The van der Waals surface area contributed by atoms with Gasteiger partial charge in [-0.2, -0.15) is 0 Å². The van der Waals surface area contributed by atoms with Gasteiger partial charge >= 0.3 is 6.09 Å². The van der Waals surface area contributed by atoms with Crippen molar-refractivity contribution in [3.63, 3.8) is 0 Å². The average molecular weight is 341 g/mol. The minimum atomic E-state index is -0.932. The number of allylic oxidation sites excluding steroid dienone is 6. The second kappa shape index (κ2) is 5.75. The number of rotatable bonds is 1. The lowest BCUT2D eigenvalue weighted by atomic mass is 9.48. The molecule has 3 nitrogen and oxygen atoms in total. The molecule has 4 aliphatic rings. The molecule has 0 aliphatic heterocycles. The number of carboxylic acid groups (broad SMARTS) is 1. The highest BCUT2D eigenvalue weighted by Crippen LogP contribution is 2.66. The Bertz CT molecular complexity index is 688. The van der Waals surface area contributed by atoms with Crippen LogP contribution in [0.25, 0.3) is 0 Å². The number of fused-ring (bicyclic) bond motifs is 5. The Morgan fingerprint density at radius 2 is 2.00 bits per heavy atom. The Hall–Kier alpha value is -1.51. The number of hydrogen-bond donors (Lipinski definition) is 2. The van der Waals surface area contributed by atoms with Gasteiger partial charge in [0.1, 0.15) is 0 Å². The first kappa shape index (κ1) is 16.9. The lowest BCUT2D eigenvalue weighted by Gasteiger charge is -2.56. The third-order valence-corrected chi connectivity index (χ3v) is 8.14. The molecule has 25 heavy (non-hydrogen) atoms. The summed E-state index contributed by atoms with van der Waals surface area (Å²) in [6, 6.07) is 0. The first-order valence-electron chi connectivity index (χ1n) is 9.93. The van der Waals surface area contributed by atoms with Crippen LogP contribution >= 0.6 is 0 Å². The molecule has 0 spiro atoms. The van der Waals surface area contributed by atoms with Crippen LogP contribution in [0.1, 0.15) is 65.7 Å². The molecular weight excluding hydrogens is 310 g/mol. The molecule has 3 unspecified atom stereocenters. The maximum Gasteiger partial charge on any atom is 0.408 e. The highest BCUT2D eigenvalue weighted by atomic mass is 16.4. The van der Waals surface area contributed by atoms with E-state index in [1.807, 2.05) is 6.92 Å². The van der Waals surface area contributed by atoms with Crippen LogP contribution in [-0.2, 0) is 0 Å². The molecule has 0 aromatic rings. The van der Waals surface area contributed by atoms with Gasteiger partial charge < -0.3 is 5.11 Å². The Kier molecular flexibility index (Phi) is 3.90. The van der Waals surface area contributed by atoms with Crippen LogP contribution in [0.2, 0.25) is 0 Å². The van der Waals surface area contributed by atoms with Gasteiger partial charge in [-0.05, 0) is 80.6 Å². The molecule has 0 aromatic heterocycles. The molecule has 0 saturated heterocycles. The fraction of sp³-hybridized carbons (Fsp3) is 0.682. The zero-order chi connectivity index (χ0) is 17.8. The van der Waals surface area contributed by atoms with E-state index in [1.165, 1.54) is 37.7 Å². The van der Waals surface area contributed by atoms with Crippen LogP contribution in [0, 0.1) is 28.6 Å². The standard InChI is InChI=1S/C22H31NO2/c1-14(23-20(24)25)17-9-10-18-16-8-7-15-6-4-5-12-21(15,2)19(16)11-13-22(17,18)3/h5-6,12,16,18-19,23H,4,7-11,13H2,1-3H3,(H,24,25)/t16?,18?,19?,21-,22+/m0/s1. The molecule has 4 rings (SSSR count). The Balaban J connectivity index is 1.66. The van der Waals surface area contributed by atoms with Crippen molar-refractivity contribution < 1.29 is 9.90 Å². The molecule has 3 saturated carbocycles. The SMILES string of the molecule is CC(NC(=O)O)=C1CCC2C3CCC4=CCC=C[C@]4(C)C3CC[C@]12C. The third-order valence-electron chi connectivity index (χ3n) is 8.14. The quantitative estimate of drug-likeness (QED) is 0.605. The zero-order valence-corrected chi connectivity index (χ0v) is 15.8. The van der Waals surface area contributed by atoms with Crippen LogP contribution in [0.15, 0.2) is 35.1 Å². The van der Waals surface area contributed by atoms with E-state index in [0.717, 1.165) is 30.4 Å². The summed E-state index contributed by atoms with van der Waals surface area (Å²) in [5.74, 6) is 2.24. The van der Waals surface area contributed by atoms with Crippen LogP contribution in [-0.4, -0.2) is 11.2 Å². The molecule has 136 valence electrons. The number of carbonyl (C=O) groups is 1. The molecule has 0 bridgehead atoms. The van der Waals surface area contributed by atoms with E-state index in [9.17, 15) is 4.79 Å². The molecule has 3 heteroatoms. The van der Waals surface area contributed by atoms with Crippen LogP contribution < -0.4 is 5.32 Å². The van der Waals surface area contributed by atoms with Crippen molar-refractivity contribution in [2.75, 3.05) is 0 Å². The second-order valence-corrected chi connectivity index (χ2v) is 9.09. The highest BCUT2D eigenvalue weighted by Gasteiger charge is 2.57. The molecule has 0 heterocycles. The topological polar surface area (TPSA) is 49.3 Å². The van der Waals surface area contributed by atoms with E-state index in [1.54, 1.807) is 5.57 Å². The Morgan fingerprint density at radius 3 is 2.76 bits per heavy atom. The smallest absolute Gasteiger partial charge is 0.408 e. The van der Waals surface area contributed by atoms with Crippen molar-refractivity contribution in [3.8, 4) is 0 Å². The molecular formula is C22H31NO2. The summed E-state index contributed by atoms with van der Waals surface area (Å²) < 4.78 is 0. The molecule has 2 N–H and O–H groups in total. The third kappa shape index (κ3) is 2.42. The summed E-state index contributed by atoms with van der Waals surface area (Å²) in [5.41, 5.74) is 4.39. The van der Waals surface area contributed by atoms with Crippen molar-refractivity contribution in [2.45, 2.75) is 65.7 Å². The predicted molar refractivity (Wildman–Crippen MR) is 100 cm³/mol. The van der Waals surface area contributed by atoms with Gasteiger partial charge in [-0.15, -0.1) is 0 Å². The first-order chi connectivity index (χ1) is 11.9. The average Bonchev–Trinajstić information content (AvgIpc) is 2.91. The molecule has 5 atom stereocenters. The van der Waals surface area contributed by atoms with E-state index in [4.69, 9.17) is 5.11 Å². The van der Waals surface area contributed by atoms with Gasteiger partial charge in [-0.3, -0.25) is 5.32 Å². The van der Waals surface area contributed by atoms with Crippen LogP contribution in [0.5, 0.6) is 0 Å². The van der Waals surface area contributed by atoms with E-state index in [0.29, 0.717) is 5.92 Å². The Morgan fingerprint density at radius 1 is 1.20 bits per heavy atom. The summed E-state index contributed by atoms with van der Waals surface area (Å²) in [4.78, 5) is 11.1. The monoisotopic (exact) mass is 341 g/mol. The predicted octanol–water partition coefficient (Wildman–Crippen LogP) is 5.66. The van der Waals surface area contributed by atoms with Gasteiger partial charge in [0.25, 0.3) is 0 Å². The molecule has 3 fully saturated rings. The maximum atomic E-state index is 11.1. The number of nitrogens with one attached hydrogen (secondary N) is 1.